The normalized spacial score (nSPS) is 12.4. The molecule has 1 N–H and O–H groups in total. The van der Waals surface area contributed by atoms with E-state index in [1.807, 2.05) is 12.1 Å². The molecule has 0 bridgehead atoms. The van der Waals surface area contributed by atoms with Crippen molar-refractivity contribution < 1.29 is 0 Å². The van der Waals surface area contributed by atoms with Crippen molar-refractivity contribution in [2.24, 2.45) is 0 Å². The number of aryl methyl sites for hydroxylation is 1. The molecule has 0 saturated heterocycles. The van der Waals surface area contributed by atoms with E-state index in [9.17, 15) is 0 Å². The third-order valence-electron chi connectivity index (χ3n) is 3.36. The van der Waals surface area contributed by atoms with E-state index in [0.717, 1.165) is 22.5 Å². The van der Waals surface area contributed by atoms with Gasteiger partial charge in [-0.25, -0.2) is 0 Å². The highest BCUT2D eigenvalue weighted by Crippen LogP contribution is 2.28. The molecule has 20 heavy (non-hydrogen) atoms. The highest BCUT2D eigenvalue weighted by Gasteiger charge is 2.15. The minimum atomic E-state index is 0.260. The molecule has 0 aliphatic heterocycles. The largest absolute Gasteiger partial charge is 0.310 e. The smallest absolute Gasteiger partial charge is 0.0441 e. The molecule has 0 radical (unpaired) electrons. The quantitative estimate of drug-likeness (QED) is 0.769. The maximum atomic E-state index is 6.36. The molecule has 0 aliphatic carbocycles. The summed E-state index contributed by atoms with van der Waals surface area (Å²) in [5, 5.41) is 4.39. The van der Waals surface area contributed by atoms with Crippen LogP contribution in [0.2, 0.25) is 5.02 Å². The standard InChI is InChI=1S/C17H19BrClN/c1-3-20-17(14-6-4-5-7-15(14)18)11-13-9-8-12(2)10-16(13)19/h4-10,17,20H,3,11H2,1-2H3. The summed E-state index contributed by atoms with van der Waals surface area (Å²) in [5.74, 6) is 0. The lowest BCUT2D eigenvalue weighted by atomic mass is 9.98. The molecule has 0 saturated carbocycles. The molecule has 2 rings (SSSR count). The number of benzene rings is 2. The zero-order valence-corrected chi connectivity index (χ0v) is 14.1. The Bertz CT molecular complexity index is 583. The highest BCUT2D eigenvalue weighted by atomic mass is 79.9. The van der Waals surface area contributed by atoms with Crippen molar-refractivity contribution in [3.05, 3.63) is 68.7 Å². The van der Waals surface area contributed by atoms with Crippen LogP contribution in [0, 0.1) is 6.92 Å². The fourth-order valence-electron chi connectivity index (χ4n) is 2.33. The van der Waals surface area contributed by atoms with Gasteiger partial charge in [-0.05, 0) is 48.7 Å². The molecule has 0 heterocycles. The van der Waals surface area contributed by atoms with Crippen molar-refractivity contribution in [1.29, 1.82) is 0 Å². The average Bonchev–Trinajstić information content (AvgIpc) is 2.42. The second-order valence-electron chi connectivity index (χ2n) is 4.93. The first-order valence-electron chi connectivity index (χ1n) is 6.84. The summed E-state index contributed by atoms with van der Waals surface area (Å²) in [6.07, 6.45) is 0.884. The molecule has 1 atom stereocenters. The van der Waals surface area contributed by atoms with Gasteiger partial charge in [0.25, 0.3) is 0 Å². The predicted octanol–water partition coefficient (Wildman–Crippen LogP) is 5.30. The Hall–Kier alpha value is -0.830. The summed E-state index contributed by atoms with van der Waals surface area (Å²) in [6, 6.07) is 14.9. The van der Waals surface area contributed by atoms with Crippen LogP contribution in [0.15, 0.2) is 46.9 Å². The number of likely N-dealkylation sites (N-methyl/N-ethyl adjacent to an activating group) is 1. The summed E-state index contributed by atoms with van der Waals surface area (Å²) in [4.78, 5) is 0. The summed E-state index contributed by atoms with van der Waals surface area (Å²) in [7, 11) is 0. The first-order chi connectivity index (χ1) is 9.61. The van der Waals surface area contributed by atoms with Gasteiger partial charge in [-0.2, -0.15) is 0 Å². The third-order valence-corrected chi connectivity index (χ3v) is 4.44. The highest BCUT2D eigenvalue weighted by molar-refractivity contribution is 9.10. The Kier molecular flexibility index (Phi) is 5.64. The first-order valence-corrected chi connectivity index (χ1v) is 8.01. The van der Waals surface area contributed by atoms with E-state index in [-0.39, 0.29) is 6.04 Å². The molecule has 106 valence electrons. The number of nitrogens with one attached hydrogen (secondary N) is 1. The fraction of sp³-hybridized carbons (Fsp3) is 0.294. The summed E-state index contributed by atoms with van der Waals surface area (Å²) in [5.41, 5.74) is 3.64. The second-order valence-corrected chi connectivity index (χ2v) is 6.19. The Morgan fingerprint density at radius 3 is 2.60 bits per heavy atom. The summed E-state index contributed by atoms with van der Waals surface area (Å²) in [6.45, 7) is 5.11. The van der Waals surface area contributed by atoms with Crippen LogP contribution in [0.5, 0.6) is 0 Å². The van der Waals surface area contributed by atoms with Crippen molar-refractivity contribution in [3.8, 4) is 0 Å². The lowest BCUT2D eigenvalue weighted by Crippen LogP contribution is -2.23. The van der Waals surface area contributed by atoms with Gasteiger partial charge in [-0.1, -0.05) is 64.8 Å². The molecule has 0 fully saturated rings. The SMILES string of the molecule is CCNC(Cc1ccc(C)cc1Cl)c1ccccc1Br. The van der Waals surface area contributed by atoms with Crippen molar-refractivity contribution in [2.75, 3.05) is 6.54 Å². The lowest BCUT2D eigenvalue weighted by Gasteiger charge is -2.20. The van der Waals surface area contributed by atoms with Crippen LogP contribution in [0.25, 0.3) is 0 Å². The topological polar surface area (TPSA) is 12.0 Å². The van der Waals surface area contributed by atoms with E-state index in [1.165, 1.54) is 16.7 Å². The molecule has 0 aromatic heterocycles. The zero-order chi connectivity index (χ0) is 14.5. The third kappa shape index (κ3) is 3.85. The van der Waals surface area contributed by atoms with Gasteiger partial charge in [0.1, 0.15) is 0 Å². The van der Waals surface area contributed by atoms with Gasteiger partial charge in [0.15, 0.2) is 0 Å². The van der Waals surface area contributed by atoms with Crippen LogP contribution >= 0.6 is 27.5 Å². The molecular weight excluding hydrogens is 334 g/mol. The number of hydrogen-bond donors (Lipinski definition) is 1. The van der Waals surface area contributed by atoms with Gasteiger partial charge in [-0.3, -0.25) is 0 Å². The van der Waals surface area contributed by atoms with Crippen molar-refractivity contribution >= 4 is 27.5 Å². The van der Waals surface area contributed by atoms with Gasteiger partial charge in [-0.15, -0.1) is 0 Å². The average molecular weight is 353 g/mol. The van der Waals surface area contributed by atoms with Crippen molar-refractivity contribution in [1.82, 2.24) is 5.32 Å². The van der Waals surface area contributed by atoms with E-state index in [2.05, 4.69) is 65.4 Å². The van der Waals surface area contributed by atoms with Crippen LogP contribution in [-0.2, 0) is 6.42 Å². The molecular formula is C17H19BrClN. The van der Waals surface area contributed by atoms with E-state index < -0.39 is 0 Å². The molecule has 2 aromatic rings. The Labute approximate surface area is 134 Å². The monoisotopic (exact) mass is 351 g/mol. The molecule has 2 aromatic carbocycles. The molecule has 1 unspecified atom stereocenters. The zero-order valence-electron chi connectivity index (χ0n) is 11.8. The number of hydrogen-bond acceptors (Lipinski definition) is 1. The molecule has 0 aliphatic rings. The van der Waals surface area contributed by atoms with E-state index in [0.29, 0.717) is 0 Å². The van der Waals surface area contributed by atoms with Crippen molar-refractivity contribution in [2.45, 2.75) is 26.3 Å². The van der Waals surface area contributed by atoms with Gasteiger partial charge in [0, 0.05) is 15.5 Å². The van der Waals surface area contributed by atoms with Gasteiger partial charge < -0.3 is 5.32 Å². The van der Waals surface area contributed by atoms with E-state index in [1.54, 1.807) is 0 Å². The minimum absolute atomic E-state index is 0.260. The first kappa shape index (κ1) is 15.6. The minimum Gasteiger partial charge on any atom is -0.310 e. The summed E-state index contributed by atoms with van der Waals surface area (Å²) >= 11 is 10.00. The molecule has 1 nitrogen and oxygen atoms in total. The van der Waals surface area contributed by atoms with Crippen LogP contribution in [0.4, 0.5) is 0 Å². The van der Waals surface area contributed by atoms with Crippen LogP contribution < -0.4 is 5.32 Å². The van der Waals surface area contributed by atoms with E-state index >= 15 is 0 Å². The van der Waals surface area contributed by atoms with Crippen molar-refractivity contribution in [3.63, 3.8) is 0 Å². The maximum absolute atomic E-state index is 6.36. The molecule has 0 spiro atoms. The second kappa shape index (κ2) is 7.26. The number of halogens is 2. The van der Waals surface area contributed by atoms with Gasteiger partial charge in [0.05, 0.1) is 0 Å². The maximum Gasteiger partial charge on any atom is 0.0441 e. The summed E-state index contributed by atoms with van der Waals surface area (Å²) < 4.78 is 1.13. The molecule has 3 heteroatoms. The molecule has 0 amide bonds. The lowest BCUT2D eigenvalue weighted by molar-refractivity contribution is 0.548. The number of rotatable bonds is 5. The van der Waals surface area contributed by atoms with Gasteiger partial charge >= 0.3 is 0 Å². The Balaban J connectivity index is 2.28. The van der Waals surface area contributed by atoms with Gasteiger partial charge in [0.2, 0.25) is 0 Å². The Morgan fingerprint density at radius 1 is 1.20 bits per heavy atom. The van der Waals surface area contributed by atoms with E-state index in [4.69, 9.17) is 11.6 Å². The van der Waals surface area contributed by atoms with Crippen LogP contribution in [0.3, 0.4) is 0 Å². The Morgan fingerprint density at radius 2 is 1.95 bits per heavy atom. The predicted molar refractivity (Wildman–Crippen MR) is 90.5 cm³/mol. The van der Waals surface area contributed by atoms with Crippen LogP contribution in [-0.4, -0.2) is 6.54 Å². The fourth-order valence-corrected chi connectivity index (χ4v) is 3.21. The van der Waals surface area contributed by atoms with Crippen LogP contribution in [0.1, 0.15) is 29.7 Å².